The summed E-state index contributed by atoms with van der Waals surface area (Å²) >= 11 is 0.635. The molecule has 0 spiro atoms. The summed E-state index contributed by atoms with van der Waals surface area (Å²) in [4.78, 5) is 38.1. The highest BCUT2D eigenvalue weighted by Gasteiger charge is 2.36. The van der Waals surface area contributed by atoms with Crippen LogP contribution in [0.5, 0.6) is 5.75 Å². The lowest BCUT2D eigenvalue weighted by molar-refractivity contribution is -0.127. The molecule has 0 unspecified atom stereocenters. The number of imide groups is 1. The second-order valence-corrected chi connectivity index (χ2v) is 8.34. The molecule has 1 N–H and O–H groups in total. The second kappa shape index (κ2) is 10.5. The van der Waals surface area contributed by atoms with Crippen molar-refractivity contribution in [1.82, 2.24) is 4.90 Å². The van der Waals surface area contributed by atoms with Gasteiger partial charge in [0.05, 0.1) is 10.6 Å². The third-order valence-corrected chi connectivity index (χ3v) is 5.83. The van der Waals surface area contributed by atoms with Crippen molar-refractivity contribution >= 4 is 40.6 Å². The van der Waals surface area contributed by atoms with Gasteiger partial charge >= 0.3 is 0 Å². The number of halogens is 3. The van der Waals surface area contributed by atoms with E-state index in [2.05, 4.69) is 0 Å². The summed E-state index contributed by atoms with van der Waals surface area (Å²) in [5, 5.41) is 1.33. The molecule has 0 aromatic heterocycles. The fraction of sp³-hybridized carbons (Fsp3) is 0.0800. The monoisotopic (exact) mass is 498 g/mol. The molecule has 3 aromatic rings. The average molecular weight is 498 g/mol. The number of carbonyl (C=O) groups excluding carboxylic acids is 3. The largest absolute Gasteiger partial charge is 0.488 e. The molecule has 0 radical (unpaired) electrons. The minimum Gasteiger partial charge on any atom is -0.488 e. The maximum absolute atomic E-state index is 13.8. The zero-order valence-electron chi connectivity index (χ0n) is 18.0. The van der Waals surface area contributed by atoms with E-state index in [-0.39, 0.29) is 4.91 Å². The molecule has 1 fully saturated rings. The van der Waals surface area contributed by atoms with Crippen LogP contribution in [0.3, 0.4) is 0 Å². The minimum atomic E-state index is -1.75. The van der Waals surface area contributed by atoms with Crippen LogP contribution in [-0.4, -0.2) is 28.5 Å². The highest BCUT2D eigenvalue weighted by Crippen LogP contribution is 2.34. The highest BCUT2D eigenvalue weighted by molar-refractivity contribution is 8.18. The van der Waals surface area contributed by atoms with E-state index in [1.165, 1.54) is 6.08 Å². The highest BCUT2D eigenvalue weighted by atomic mass is 32.2. The zero-order chi connectivity index (χ0) is 24.9. The van der Waals surface area contributed by atoms with Crippen molar-refractivity contribution in [2.45, 2.75) is 6.61 Å². The molecular weight excluding hydrogens is 481 g/mol. The fourth-order valence-corrected chi connectivity index (χ4v) is 4.03. The van der Waals surface area contributed by atoms with Gasteiger partial charge in [-0.05, 0) is 41.6 Å². The van der Waals surface area contributed by atoms with E-state index in [0.29, 0.717) is 40.6 Å². The number of hydrogen-bond acceptors (Lipinski definition) is 5. The molecule has 3 amide bonds. The van der Waals surface area contributed by atoms with Crippen LogP contribution in [0.4, 0.5) is 23.7 Å². The molecular formula is C25H17F3N2O4S. The summed E-state index contributed by atoms with van der Waals surface area (Å²) in [5.74, 6) is -5.92. The Morgan fingerprint density at radius 1 is 0.943 bits per heavy atom. The normalized spacial score (nSPS) is 14.5. The number of thioether (sulfide) groups is 1. The molecule has 0 aliphatic carbocycles. The molecule has 178 valence electrons. The number of nitrogens with one attached hydrogen (secondary N) is 1. The number of carbonyl (C=O) groups is 3. The summed E-state index contributed by atoms with van der Waals surface area (Å²) in [6.07, 6.45) is 1.48. The summed E-state index contributed by atoms with van der Waals surface area (Å²) in [6, 6.07) is 17.9. The van der Waals surface area contributed by atoms with Crippen molar-refractivity contribution in [3.63, 3.8) is 0 Å². The van der Waals surface area contributed by atoms with Gasteiger partial charge in [0.1, 0.15) is 18.9 Å². The lowest BCUT2D eigenvalue weighted by Crippen LogP contribution is -2.36. The number of anilines is 1. The van der Waals surface area contributed by atoms with E-state index in [9.17, 15) is 27.6 Å². The van der Waals surface area contributed by atoms with Crippen molar-refractivity contribution in [1.29, 1.82) is 0 Å². The number of hydrogen-bond donors (Lipinski definition) is 1. The van der Waals surface area contributed by atoms with Crippen LogP contribution in [0.1, 0.15) is 11.1 Å². The molecule has 1 aliphatic rings. The molecule has 1 heterocycles. The number of rotatable bonds is 7. The van der Waals surface area contributed by atoms with Crippen molar-refractivity contribution in [2.24, 2.45) is 0 Å². The fourth-order valence-electron chi connectivity index (χ4n) is 3.20. The standard InChI is InChI=1S/C25H17F3N2O4S/c26-17-10-11-18(23(28)22(17)27)29-21(31)13-30-24(32)20(35-25(30)33)12-16-8-4-5-9-19(16)34-14-15-6-2-1-3-7-15/h1-12H,13-14H2,(H,29,31)/b20-12+. The van der Waals surface area contributed by atoms with Gasteiger partial charge < -0.3 is 10.1 Å². The molecule has 0 atom stereocenters. The van der Waals surface area contributed by atoms with Crippen LogP contribution < -0.4 is 10.1 Å². The Morgan fingerprint density at radius 3 is 2.43 bits per heavy atom. The van der Waals surface area contributed by atoms with Gasteiger partial charge in [0, 0.05) is 5.56 Å². The Hall–Kier alpha value is -4.05. The Morgan fingerprint density at radius 2 is 1.66 bits per heavy atom. The van der Waals surface area contributed by atoms with Crippen LogP contribution in [0, 0.1) is 17.5 Å². The van der Waals surface area contributed by atoms with Crippen molar-refractivity contribution < 1.29 is 32.3 Å². The van der Waals surface area contributed by atoms with E-state index in [0.717, 1.165) is 11.6 Å². The number of para-hydroxylation sites is 1. The van der Waals surface area contributed by atoms with Crippen LogP contribution in [0.25, 0.3) is 6.08 Å². The van der Waals surface area contributed by atoms with E-state index in [1.807, 2.05) is 35.6 Å². The van der Waals surface area contributed by atoms with Gasteiger partial charge in [-0.1, -0.05) is 48.5 Å². The topological polar surface area (TPSA) is 75.7 Å². The van der Waals surface area contributed by atoms with Gasteiger partial charge in [-0.2, -0.15) is 0 Å². The molecule has 3 aromatic carbocycles. The zero-order valence-corrected chi connectivity index (χ0v) is 18.8. The van der Waals surface area contributed by atoms with Gasteiger partial charge in [0.2, 0.25) is 5.91 Å². The number of nitrogens with zero attached hydrogens (tertiary/aromatic N) is 1. The average Bonchev–Trinajstić information content (AvgIpc) is 3.11. The van der Waals surface area contributed by atoms with E-state index < -0.39 is 46.7 Å². The Kier molecular flexibility index (Phi) is 7.21. The van der Waals surface area contributed by atoms with Gasteiger partial charge in [0.25, 0.3) is 11.1 Å². The molecule has 35 heavy (non-hydrogen) atoms. The van der Waals surface area contributed by atoms with Crippen LogP contribution in [0.15, 0.2) is 71.6 Å². The van der Waals surface area contributed by atoms with E-state index >= 15 is 0 Å². The molecule has 1 aliphatic heterocycles. The van der Waals surface area contributed by atoms with Gasteiger partial charge in [-0.15, -0.1) is 0 Å². The Bertz CT molecular complexity index is 1330. The predicted octanol–water partition coefficient (Wildman–Crippen LogP) is 5.36. The first-order chi connectivity index (χ1) is 16.8. The molecule has 4 rings (SSSR count). The molecule has 10 heteroatoms. The smallest absolute Gasteiger partial charge is 0.294 e. The SMILES string of the molecule is O=C(CN1C(=O)S/C(=C/c2ccccc2OCc2ccccc2)C1=O)Nc1ccc(F)c(F)c1F. The van der Waals surface area contributed by atoms with Gasteiger partial charge in [0.15, 0.2) is 17.5 Å². The van der Waals surface area contributed by atoms with Crippen LogP contribution in [0.2, 0.25) is 0 Å². The maximum atomic E-state index is 13.8. The third kappa shape index (κ3) is 5.55. The van der Waals surface area contributed by atoms with Gasteiger partial charge in [-0.25, -0.2) is 13.2 Å². The van der Waals surface area contributed by atoms with E-state index in [4.69, 9.17) is 4.74 Å². The van der Waals surface area contributed by atoms with Crippen molar-refractivity contribution in [2.75, 3.05) is 11.9 Å². The lowest BCUT2D eigenvalue weighted by Gasteiger charge is -2.13. The minimum absolute atomic E-state index is 0.0672. The van der Waals surface area contributed by atoms with Crippen LogP contribution in [-0.2, 0) is 16.2 Å². The van der Waals surface area contributed by atoms with Crippen molar-refractivity contribution in [3.8, 4) is 5.75 Å². The Labute approximate surface area is 202 Å². The third-order valence-electron chi connectivity index (χ3n) is 4.93. The molecule has 6 nitrogen and oxygen atoms in total. The predicted molar refractivity (Wildman–Crippen MR) is 125 cm³/mol. The van der Waals surface area contributed by atoms with Gasteiger partial charge in [-0.3, -0.25) is 19.3 Å². The summed E-state index contributed by atoms with van der Waals surface area (Å²) in [5.41, 5.74) is 0.897. The Balaban J connectivity index is 1.46. The first kappa shape index (κ1) is 24.1. The summed E-state index contributed by atoms with van der Waals surface area (Å²) in [7, 11) is 0. The van der Waals surface area contributed by atoms with Crippen LogP contribution >= 0.6 is 11.8 Å². The number of ether oxygens (including phenoxy) is 1. The summed E-state index contributed by atoms with van der Waals surface area (Å²) in [6.45, 7) is -0.430. The van der Waals surface area contributed by atoms with E-state index in [1.54, 1.807) is 24.3 Å². The molecule has 0 bridgehead atoms. The number of amides is 3. The quantitative estimate of drug-likeness (QED) is 0.351. The van der Waals surface area contributed by atoms with Crippen molar-refractivity contribution in [3.05, 3.63) is 100 Å². The lowest BCUT2D eigenvalue weighted by atomic mass is 10.1. The number of benzene rings is 3. The first-order valence-electron chi connectivity index (χ1n) is 10.3. The molecule has 0 saturated carbocycles. The first-order valence-corrected chi connectivity index (χ1v) is 11.1. The summed E-state index contributed by atoms with van der Waals surface area (Å²) < 4.78 is 46.1. The maximum Gasteiger partial charge on any atom is 0.294 e. The molecule has 1 saturated heterocycles. The second-order valence-electron chi connectivity index (χ2n) is 7.35.